The van der Waals surface area contributed by atoms with Crippen LogP contribution in [0.1, 0.15) is 41.7 Å². The number of carbonyl (C=O) groups excluding carboxylic acids is 3. The first-order valence-electron chi connectivity index (χ1n) is 10.2. The Morgan fingerprint density at radius 2 is 2.06 bits per heavy atom. The van der Waals surface area contributed by atoms with Gasteiger partial charge in [-0.1, -0.05) is 17.7 Å². The van der Waals surface area contributed by atoms with Crippen LogP contribution in [0, 0.1) is 11.3 Å². The Labute approximate surface area is 193 Å². The normalized spacial score (nSPS) is 14.4. The number of carbonyl (C=O) groups is 3. The van der Waals surface area contributed by atoms with E-state index in [-0.39, 0.29) is 48.8 Å². The third kappa shape index (κ3) is 4.94. The van der Waals surface area contributed by atoms with Crippen molar-refractivity contribution in [2.45, 2.75) is 38.9 Å². The average Bonchev–Trinajstić information content (AvgIpc) is 3.51. The summed E-state index contributed by atoms with van der Waals surface area (Å²) in [6.45, 7) is 2.13. The van der Waals surface area contributed by atoms with Gasteiger partial charge in [-0.05, 0) is 25.1 Å². The number of oxazole rings is 1. The highest BCUT2D eigenvalue weighted by Crippen LogP contribution is 2.24. The van der Waals surface area contributed by atoms with Crippen LogP contribution < -0.4 is 5.32 Å². The quantitative estimate of drug-likeness (QED) is 0.528. The number of nitriles is 1. The molecule has 11 heteroatoms. The van der Waals surface area contributed by atoms with Crippen molar-refractivity contribution < 1.29 is 18.8 Å². The summed E-state index contributed by atoms with van der Waals surface area (Å²) >= 11 is 6.10. The molecule has 1 aliphatic heterocycles. The fourth-order valence-corrected chi connectivity index (χ4v) is 3.65. The SMILES string of the molecule is CC(Cn1ccc(-c2ccc(C#N)c(Cl)c2)n1)NC(=O)c1coc(CN2C(=O)CCC2=O)n1. The number of aromatic nitrogens is 3. The van der Waals surface area contributed by atoms with Crippen molar-refractivity contribution in [3.05, 3.63) is 58.9 Å². The van der Waals surface area contributed by atoms with E-state index in [1.54, 1.807) is 29.1 Å². The van der Waals surface area contributed by atoms with Gasteiger partial charge in [0, 0.05) is 30.6 Å². The van der Waals surface area contributed by atoms with Crippen molar-refractivity contribution in [2.24, 2.45) is 0 Å². The van der Waals surface area contributed by atoms with Crippen LogP contribution in [0.25, 0.3) is 11.3 Å². The van der Waals surface area contributed by atoms with Crippen molar-refractivity contribution in [3.8, 4) is 17.3 Å². The standard InChI is InChI=1S/C22H19ClN6O4/c1-13(10-28-7-6-17(27-28)14-2-3-15(9-24)16(23)8-14)25-22(32)18-12-33-19(26-18)11-29-20(30)4-5-21(29)31/h2-3,6-8,12-13H,4-5,10-11H2,1H3,(H,25,32). The summed E-state index contributed by atoms with van der Waals surface area (Å²) in [7, 11) is 0. The predicted octanol–water partition coefficient (Wildman–Crippen LogP) is 2.53. The molecule has 2 aromatic heterocycles. The highest BCUT2D eigenvalue weighted by Gasteiger charge is 2.30. The second-order valence-corrected chi connectivity index (χ2v) is 8.01. The Morgan fingerprint density at radius 3 is 2.76 bits per heavy atom. The number of imide groups is 1. The molecule has 1 fully saturated rings. The highest BCUT2D eigenvalue weighted by molar-refractivity contribution is 6.32. The van der Waals surface area contributed by atoms with E-state index in [1.807, 2.05) is 19.1 Å². The van der Waals surface area contributed by atoms with E-state index >= 15 is 0 Å². The van der Waals surface area contributed by atoms with Crippen molar-refractivity contribution in [3.63, 3.8) is 0 Å². The number of nitrogens with one attached hydrogen (secondary N) is 1. The molecule has 168 valence electrons. The number of halogens is 1. The molecule has 0 bridgehead atoms. The third-order valence-electron chi connectivity index (χ3n) is 5.10. The summed E-state index contributed by atoms with van der Waals surface area (Å²) in [6, 6.07) is 8.65. The molecule has 4 rings (SSSR count). The molecule has 0 spiro atoms. The molecule has 1 N–H and O–H groups in total. The lowest BCUT2D eigenvalue weighted by atomic mass is 10.1. The Morgan fingerprint density at radius 1 is 1.30 bits per heavy atom. The van der Waals surface area contributed by atoms with Crippen LogP contribution in [0.2, 0.25) is 5.02 Å². The van der Waals surface area contributed by atoms with E-state index < -0.39 is 5.91 Å². The fourth-order valence-electron chi connectivity index (χ4n) is 3.43. The number of likely N-dealkylation sites (tertiary alicyclic amines) is 1. The van der Waals surface area contributed by atoms with Crippen molar-refractivity contribution in [2.75, 3.05) is 0 Å². The lowest BCUT2D eigenvalue weighted by Crippen LogP contribution is -2.36. The summed E-state index contributed by atoms with van der Waals surface area (Å²) in [5.74, 6) is -0.878. The molecule has 1 aromatic carbocycles. The minimum Gasteiger partial charge on any atom is -0.446 e. The van der Waals surface area contributed by atoms with Crippen LogP contribution in [-0.4, -0.2) is 43.4 Å². The molecule has 3 aromatic rings. The molecule has 3 heterocycles. The Balaban J connectivity index is 1.34. The maximum atomic E-state index is 12.5. The van der Waals surface area contributed by atoms with Gasteiger partial charge < -0.3 is 9.73 Å². The molecule has 1 unspecified atom stereocenters. The lowest BCUT2D eigenvalue weighted by molar-refractivity contribution is -0.139. The summed E-state index contributed by atoms with van der Waals surface area (Å²) in [5.41, 5.74) is 1.92. The second-order valence-electron chi connectivity index (χ2n) is 7.60. The van der Waals surface area contributed by atoms with E-state index in [2.05, 4.69) is 15.4 Å². The number of hydrogen-bond donors (Lipinski definition) is 1. The monoisotopic (exact) mass is 466 g/mol. The first-order chi connectivity index (χ1) is 15.8. The van der Waals surface area contributed by atoms with Crippen LogP contribution in [0.15, 0.2) is 41.1 Å². The maximum absolute atomic E-state index is 12.5. The summed E-state index contributed by atoms with van der Waals surface area (Å²) < 4.78 is 6.94. The van der Waals surface area contributed by atoms with Crippen molar-refractivity contribution in [1.29, 1.82) is 5.26 Å². The van der Waals surface area contributed by atoms with E-state index in [0.29, 0.717) is 22.8 Å². The Kier molecular flexibility index (Phi) is 6.24. The van der Waals surface area contributed by atoms with Gasteiger partial charge in [0.2, 0.25) is 17.7 Å². The number of nitrogens with zero attached hydrogens (tertiary/aromatic N) is 5. The van der Waals surface area contributed by atoms with Gasteiger partial charge in [-0.25, -0.2) is 4.98 Å². The maximum Gasteiger partial charge on any atom is 0.273 e. The van der Waals surface area contributed by atoms with Gasteiger partial charge in [-0.2, -0.15) is 10.4 Å². The molecule has 1 aliphatic rings. The highest BCUT2D eigenvalue weighted by atomic mass is 35.5. The summed E-state index contributed by atoms with van der Waals surface area (Å²) in [4.78, 5) is 41.1. The molecule has 1 saturated heterocycles. The minimum absolute atomic E-state index is 0.0596. The Bertz CT molecular complexity index is 1260. The number of hydrogen-bond acceptors (Lipinski definition) is 7. The zero-order valence-electron chi connectivity index (χ0n) is 17.6. The molecule has 0 radical (unpaired) electrons. The molecule has 0 aliphatic carbocycles. The van der Waals surface area contributed by atoms with E-state index in [1.165, 1.54) is 6.26 Å². The number of amides is 3. The summed E-state index contributed by atoms with van der Waals surface area (Å²) in [6.07, 6.45) is 3.33. The zero-order valence-corrected chi connectivity index (χ0v) is 18.4. The average molecular weight is 467 g/mol. The smallest absolute Gasteiger partial charge is 0.273 e. The van der Waals surface area contributed by atoms with E-state index in [4.69, 9.17) is 21.3 Å². The zero-order chi connectivity index (χ0) is 23.5. The molecule has 1 atom stereocenters. The molecule has 3 amide bonds. The van der Waals surface area contributed by atoms with Gasteiger partial charge in [-0.15, -0.1) is 0 Å². The molecular formula is C22H19ClN6O4. The van der Waals surface area contributed by atoms with Gasteiger partial charge in [0.15, 0.2) is 5.69 Å². The van der Waals surface area contributed by atoms with E-state index in [9.17, 15) is 14.4 Å². The Hall–Kier alpha value is -3.97. The third-order valence-corrected chi connectivity index (χ3v) is 5.41. The number of rotatable bonds is 7. The van der Waals surface area contributed by atoms with Crippen molar-refractivity contribution >= 4 is 29.3 Å². The first kappa shape index (κ1) is 22.2. The minimum atomic E-state index is -0.442. The molecule has 0 saturated carbocycles. The van der Waals surface area contributed by atoms with Gasteiger partial charge in [0.05, 0.1) is 22.8 Å². The predicted molar refractivity (Wildman–Crippen MR) is 116 cm³/mol. The van der Waals surface area contributed by atoms with Crippen LogP contribution in [0.4, 0.5) is 0 Å². The van der Waals surface area contributed by atoms with Gasteiger partial charge in [0.25, 0.3) is 5.91 Å². The molecular weight excluding hydrogens is 448 g/mol. The summed E-state index contributed by atoms with van der Waals surface area (Å²) in [5, 5.41) is 16.7. The largest absolute Gasteiger partial charge is 0.446 e. The topological polar surface area (TPSA) is 134 Å². The molecule has 10 nitrogen and oxygen atoms in total. The van der Waals surface area contributed by atoms with Gasteiger partial charge in [-0.3, -0.25) is 24.0 Å². The van der Waals surface area contributed by atoms with Gasteiger partial charge >= 0.3 is 0 Å². The van der Waals surface area contributed by atoms with E-state index in [0.717, 1.165) is 10.5 Å². The van der Waals surface area contributed by atoms with Crippen LogP contribution in [0.5, 0.6) is 0 Å². The van der Waals surface area contributed by atoms with Gasteiger partial charge in [0.1, 0.15) is 18.9 Å². The second kappa shape index (κ2) is 9.26. The van der Waals surface area contributed by atoms with Crippen LogP contribution in [0.3, 0.4) is 0 Å². The van der Waals surface area contributed by atoms with Crippen molar-refractivity contribution in [1.82, 2.24) is 25.0 Å². The lowest BCUT2D eigenvalue weighted by Gasteiger charge is -2.13. The first-order valence-corrected chi connectivity index (χ1v) is 10.5. The van der Waals surface area contributed by atoms with Crippen LogP contribution >= 0.6 is 11.6 Å². The fraction of sp³-hybridized carbons (Fsp3) is 0.273. The molecule has 33 heavy (non-hydrogen) atoms. The number of benzene rings is 1. The van der Waals surface area contributed by atoms with Crippen LogP contribution in [-0.2, 0) is 22.7 Å².